The Hall–Kier alpha value is -2.56. The van der Waals surface area contributed by atoms with Crippen molar-refractivity contribution in [2.75, 3.05) is 17.2 Å². The molecule has 0 radical (unpaired) electrons. The number of pyridine rings is 1. The Kier molecular flexibility index (Phi) is 6.41. The lowest BCUT2D eigenvalue weighted by molar-refractivity contribution is 0.250. The molecule has 3 N–H and O–H groups in total. The maximum Gasteiger partial charge on any atom is 0.320 e. The first kappa shape index (κ1) is 16.8. The quantitative estimate of drug-likeness (QED) is 0.684. The minimum absolute atomic E-state index is 0.0977. The van der Waals surface area contributed by atoms with E-state index in [2.05, 4.69) is 45.2 Å². The summed E-state index contributed by atoms with van der Waals surface area (Å²) in [5, 5.41) is 8.79. The van der Waals surface area contributed by atoms with Crippen LogP contribution in [0.1, 0.15) is 25.8 Å². The van der Waals surface area contributed by atoms with Gasteiger partial charge in [-0.2, -0.15) is 0 Å². The molecule has 23 heavy (non-hydrogen) atoms. The van der Waals surface area contributed by atoms with Crippen molar-refractivity contribution in [3.05, 3.63) is 54.2 Å². The molecule has 0 bridgehead atoms. The van der Waals surface area contributed by atoms with Crippen LogP contribution < -0.4 is 16.0 Å². The van der Waals surface area contributed by atoms with Gasteiger partial charge in [0.15, 0.2) is 0 Å². The van der Waals surface area contributed by atoms with E-state index in [0.717, 1.165) is 25.1 Å². The van der Waals surface area contributed by atoms with E-state index >= 15 is 0 Å². The van der Waals surface area contributed by atoms with Gasteiger partial charge in [-0.25, -0.2) is 9.78 Å². The standard InChI is InChI=1S/C18H24N4O/c1-14(2)21-18(23)22-17-11-10-16(13-20-17)19-12-6-9-15-7-4-3-5-8-15/h3-5,7-8,10-11,13-14,19H,6,9,12H2,1-2H3,(H2,20,21,22,23). The second-order valence-corrected chi connectivity index (χ2v) is 5.70. The number of nitrogens with zero attached hydrogens (tertiary/aromatic N) is 1. The molecule has 0 saturated heterocycles. The lowest BCUT2D eigenvalue weighted by atomic mass is 10.1. The number of aryl methyl sites for hydroxylation is 1. The Morgan fingerprint density at radius 3 is 2.57 bits per heavy atom. The Bertz CT molecular complexity index is 596. The van der Waals surface area contributed by atoms with Crippen LogP contribution in [-0.2, 0) is 6.42 Å². The van der Waals surface area contributed by atoms with Crippen molar-refractivity contribution in [2.24, 2.45) is 0 Å². The van der Waals surface area contributed by atoms with E-state index in [0.29, 0.717) is 5.82 Å². The molecule has 0 unspecified atom stereocenters. The smallest absolute Gasteiger partial charge is 0.320 e. The Morgan fingerprint density at radius 1 is 1.13 bits per heavy atom. The van der Waals surface area contributed by atoms with Gasteiger partial charge in [-0.3, -0.25) is 5.32 Å². The summed E-state index contributed by atoms with van der Waals surface area (Å²) >= 11 is 0. The molecule has 0 spiro atoms. The molecule has 122 valence electrons. The molecule has 0 saturated carbocycles. The minimum Gasteiger partial charge on any atom is -0.384 e. The van der Waals surface area contributed by atoms with Crippen molar-refractivity contribution in [1.82, 2.24) is 10.3 Å². The molecule has 0 aliphatic heterocycles. The van der Waals surface area contributed by atoms with E-state index in [4.69, 9.17) is 0 Å². The second-order valence-electron chi connectivity index (χ2n) is 5.70. The highest BCUT2D eigenvalue weighted by Crippen LogP contribution is 2.10. The summed E-state index contributed by atoms with van der Waals surface area (Å²) in [7, 11) is 0. The third-order valence-electron chi connectivity index (χ3n) is 3.24. The predicted octanol–water partition coefficient (Wildman–Crippen LogP) is 3.66. The van der Waals surface area contributed by atoms with Crippen molar-refractivity contribution in [2.45, 2.75) is 32.7 Å². The van der Waals surface area contributed by atoms with Crippen LogP contribution in [0.2, 0.25) is 0 Å². The number of benzene rings is 1. The van der Waals surface area contributed by atoms with Crippen molar-refractivity contribution in [3.63, 3.8) is 0 Å². The second kappa shape index (κ2) is 8.78. The number of amides is 2. The Balaban J connectivity index is 1.71. The number of rotatable bonds is 7. The number of aromatic nitrogens is 1. The van der Waals surface area contributed by atoms with Crippen molar-refractivity contribution < 1.29 is 4.79 Å². The number of urea groups is 1. The van der Waals surface area contributed by atoms with Gasteiger partial charge in [-0.1, -0.05) is 30.3 Å². The average molecular weight is 312 g/mol. The maximum absolute atomic E-state index is 11.6. The fourth-order valence-corrected chi connectivity index (χ4v) is 2.16. The molecule has 0 atom stereocenters. The van der Waals surface area contributed by atoms with E-state index in [1.165, 1.54) is 5.56 Å². The third-order valence-corrected chi connectivity index (χ3v) is 3.24. The van der Waals surface area contributed by atoms with Crippen LogP contribution in [0, 0.1) is 0 Å². The van der Waals surface area contributed by atoms with Crippen LogP contribution in [0.25, 0.3) is 0 Å². The van der Waals surface area contributed by atoms with E-state index in [1.54, 1.807) is 12.3 Å². The Morgan fingerprint density at radius 2 is 1.91 bits per heavy atom. The molecule has 2 aromatic rings. The lowest BCUT2D eigenvalue weighted by Crippen LogP contribution is -2.34. The molecule has 5 nitrogen and oxygen atoms in total. The van der Waals surface area contributed by atoms with Crippen LogP contribution >= 0.6 is 0 Å². The summed E-state index contributed by atoms with van der Waals surface area (Å²) in [6, 6.07) is 14.0. The van der Waals surface area contributed by atoms with E-state index < -0.39 is 0 Å². The monoisotopic (exact) mass is 312 g/mol. The molecular formula is C18H24N4O. The fraction of sp³-hybridized carbons (Fsp3) is 0.333. The summed E-state index contributed by atoms with van der Waals surface area (Å²) in [5.41, 5.74) is 2.30. The van der Waals surface area contributed by atoms with Crippen LogP contribution in [0.15, 0.2) is 48.7 Å². The van der Waals surface area contributed by atoms with E-state index in [-0.39, 0.29) is 12.1 Å². The number of anilines is 2. The van der Waals surface area contributed by atoms with Crippen molar-refractivity contribution >= 4 is 17.5 Å². The minimum atomic E-state index is -0.240. The molecule has 2 rings (SSSR count). The molecule has 0 fully saturated rings. The van der Waals surface area contributed by atoms with Crippen molar-refractivity contribution in [3.8, 4) is 0 Å². The van der Waals surface area contributed by atoms with Gasteiger partial charge in [-0.15, -0.1) is 0 Å². The summed E-state index contributed by atoms with van der Waals surface area (Å²) in [6.07, 6.45) is 3.84. The topological polar surface area (TPSA) is 66.1 Å². The highest BCUT2D eigenvalue weighted by molar-refractivity contribution is 5.88. The van der Waals surface area contributed by atoms with E-state index in [9.17, 15) is 4.79 Å². The zero-order chi connectivity index (χ0) is 16.5. The zero-order valence-electron chi connectivity index (χ0n) is 13.7. The molecular weight excluding hydrogens is 288 g/mol. The van der Waals surface area contributed by atoms with Gasteiger partial charge in [0.1, 0.15) is 5.82 Å². The predicted molar refractivity (Wildman–Crippen MR) is 94.8 cm³/mol. The molecule has 0 aliphatic carbocycles. The van der Waals surface area contributed by atoms with Crippen LogP contribution in [0.4, 0.5) is 16.3 Å². The first-order valence-electron chi connectivity index (χ1n) is 7.95. The molecule has 1 aromatic carbocycles. The molecule has 5 heteroatoms. The van der Waals surface area contributed by atoms with Gasteiger partial charge >= 0.3 is 6.03 Å². The van der Waals surface area contributed by atoms with Gasteiger partial charge in [0.25, 0.3) is 0 Å². The van der Waals surface area contributed by atoms with Gasteiger partial charge < -0.3 is 10.6 Å². The van der Waals surface area contributed by atoms with Crippen LogP contribution in [0.5, 0.6) is 0 Å². The Labute approximate surface area is 137 Å². The summed E-state index contributed by atoms with van der Waals surface area (Å²) < 4.78 is 0. The number of hydrogen-bond acceptors (Lipinski definition) is 3. The number of nitrogens with one attached hydrogen (secondary N) is 3. The van der Waals surface area contributed by atoms with E-state index in [1.807, 2.05) is 26.0 Å². The molecule has 2 amide bonds. The average Bonchev–Trinajstić information content (AvgIpc) is 2.53. The largest absolute Gasteiger partial charge is 0.384 e. The van der Waals surface area contributed by atoms with Gasteiger partial charge in [0, 0.05) is 12.6 Å². The summed E-state index contributed by atoms with van der Waals surface area (Å²) in [6.45, 7) is 4.71. The zero-order valence-corrected chi connectivity index (χ0v) is 13.7. The van der Waals surface area contributed by atoms with Crippen LogP contribution in [0.3, 0.4) is 0 Å². The SMILES string of the molecule is CC(C)NC(=O)Nc1ccc(NCCCc2ccccc2)cn1. The number of carbonyl (C=O) groups is 1. The summed E-state index contributed by atoms with van der Waals surface area (Å²) in [5.74, 6) is 0.540. The molecule has 1 heterocycles. The normalized spacial score (nSPS) is 10.4. The maximum atomic E-state index is 11.6. The number of hydrogen-bond donors (Lipinski definition) is 3. The first-order chi connectivity index (χ1) is 11.1. The molecule has 1 aromatic heterocycles. The highest BCUT2D eigenvalue weighted by Gasteiger charge is 2.04. The van der Waals surface area contributed by atoms with Crippen molar-refractivity contribution in [1.29, 1.82) is 0 Å². The third kappa shape index (κ3) is 6.38. The molecule has 0 aliphatic rings. The lowest BCUT2D eigenvalue weighted by Gasteiger charge is -2.10. The highest BCUT2D eigenvalue weighted by atomic mass is 16.2. The van der Waals surface area contributed by atoms with Gasteiger partial charge in [0.05, 0.1) is 11.9 Å². The summed E-state index contributed by atoms with van der Waals surface area (Å²) in [4.78, 5) is 15.8. The first-order valence-corrected chi connectivity index (χ1v) is 7.95. The number of carbonyl (C=O) groups excluding carboxylic acids is 1. The fourth-order valence-electron chi connectivity index (χ4n) is 2.16. The van der Waals surface area contributed by atoms with Gasteiger partial charge in [-0.05, 0) is 44.4 Å². The van der Waals surface area contributed by atoms with Gasteiger partial charge in [0.2, 0.25) is 0 Å². The van der Waals surface area contributed by atoms with Crippen LogP contribution in [-0.4, -0.2) is 23.6 Å².